The van der Waals surface area contributed by atoms with Gasteiger partial charge in [-0.05, 0) is 48.7 Å². The Morgan fingerprint density at radius 2 is 2.00 bits per heavy atom. The van der Waals surface area contributed by atoms with Crippen LogP contribution >= 0.6 is 0 Å². The monoisotopic (exact) mass is 349 g/mol. The third kappa shape index (κ3) is 4.06. The summed E-state index contributed by atoms with van der Waals surface area (Å²) < 4.78 is 10.6. The molecule has 2 aromatic carbocycles. The number of esters is 2. The SMILES string of the molecule is CCCC(=O)Oc1cccc(/C=C2\N=C(c3ccccc3C)OC2=O)c1. The average molecular weight is 349 g/mol. The van der Waals surface area contributed by atoms with Crippen molar-refractivity contribution in [3.63, 3.8) is 0 Å². The van der Waals surface area contributed by atoms with Crippen LogP contribution < -0.4 is 4.74 Å². The van der Waals surface area contributed by atoms with E-state index in [1.54, 1.807) is 30.3 Å². The minimum atomic E-state index is -0.503. The number of carbonyl (C=O) groups excluding carboxylic acids is 2. The van der Waals surface area contributed by atoms with E-state index >= 15 is 0 Å². The molecule has 0 fully saturated rings. The quantitative estimate of drug-likeness (QED) is 0.464. The highest BCUT2D eigenvalue weighted by atomic mass is 16.6. The predicted molar refractivity (Wildman–Crippen MR) is 98.8 cm³/mol. The van der Waals surface area contributed by atoms with Crippen LogP contribution in [0.2, 0.25) is 0 Å². The lowest BCUT2D eigenvalue weighted by atomic mass is 10.1. The second kappa shape index (κ2) is 7.78. The zero-order valence-corrected chi connectivity index (χ0v) is 14.7. The number of nitrogens with zero attached hydrogens (tertiary/aromatic N) is 1. The first-order chi connectivity index (χ1) is 12.6. The van der Waals surface area contributed by atoms with Crippen LogP contribution in [0, 0.1) is 6.92 Å². The molecule has 0 bridgehead atoms. The van der Waals surface area contributed by atoms with Crippen molar-refractivity contribution in [1.29, 1.82) is 0 Å². The van der Waals surface area contributed by atoms with Gasteiger partial charge in [-0.1, -0.05) is 37.3 Å². The number of aryl methyl sites for hydroxylation is 1. The van der Waals surface area contributed by atoms with E-state index in [2.05, 4.69) is 4.99 Å². The van der Waals surface area contributed by atoms with E-state index < -0.39 is 5.97 Å². The van der Waals surface area contributed by atoms with Crippen molar-refractivity contribution in [2.45, 2.75) is 26.7 Å². The van der Waals surface area contributed by atoms with E-state index in [0.29, 0.717) is 23.6 Å². The topological polar surface area (TPSA) is 65.0 Å². The molecule has 3 rings (SSSR count). The normalized spacial score (nSPS) is 14.9. The van der Waals surface area contributed by atoms with Gasteiger partial charge < -0.3 is 9.47 Å². The molecule has 2 aromatic rings. The summed E-state index contributed by atoms with van der Waals surface area (Å²) in [6, 6.07) is 14.5. The van der Waals surface area contributed by atoms with Crippen LogP contribution in [0.25, 0.3) is 6.08 Å². The van der Waals surface area contributed by atoms with Crippen molar-refractivity contribution in [2.75, 3.05) is 0 Å². The van der Waals surface area contributed by atoms with Crippen LogP contribution in [-0.2, 0) is 14.3 Å². The van der Waals surface area contributed by atoms with Gasteiger partial charge in [0.2, 0.25) is 5.90 Å². The number of carbonyl (C=O) groups is 2. The Balaban J connectivity index is 1.84. The van der Waals surface area contributed by atoms with Crippen molar-refractivity contribution in [3.8, 4) is 5.75 Å². The lowest BCUT2D eigenvalue weighted by molar-refractivity contribution is -0.134. The summed E-state index contributed by atoms with van der Waals surface area (Å²) in [5.74, 6) is -0.0498. The molecule has 26 heavy (non-hydrogen) atoms. The Labute approximate surface area is 152 Å². The second-order valence-corrected chi connectivity index (χ2v) is 5.95. The molecule has 0 radical (unpaired) electrons. The molecule has 0 unspecified atom stereocenters. The van der Waals surface area contributed by atoms with Gasteiger partial charge in [0.05, 0.1) is 0 Å². The third-order valence-corrected chi connectivity index (χ3v) is 3.84. The highest BCUT2D eigenvalue weighted by Crippen LogP contribution is 2.22. The summed E-state index contributed by atoms with van der Waals surface area (Å²) in [7, 11) is 0. The number of benzene rings is 2. The Morgan fingerprint density at radius 3 is 2.77 bits per heavy atom. The maximum atomic E-state index is 12.1. The Hall–Kier alpha value is -3.21. The molecule has 0 amide bonds. The highest BCUT2D eigenvalue weighted by molar-refractivity contribution is 6.13. The predicted octanol–water partition coefficient (Wildman–Crippen LogP) is 4.05. The molecular formula is C21H19NO4. The first-order valence-corrected chi connectivity index (χ1v) is 8.46. The van der Waals surface area contributed by atoms with Crippen LogP contribution in [0.3, 0.4) is 0 Å². The summed E-state index contributed by atoms with van der Waals surface area (Å²) in [5, 5.41) is 0. The van der Waals surface area contributed by atoms with E-state index in [-0.39, 0.29) is 11.7 Å². The van der Waals surface area contributed by atoms with Crippen LogP contribution in [0.1, 0.15) is 36.5 Å². The summed E-state index contributed by atoms with van der Waals surface area (Å²) >= 11 is 0. The van der Waals surface area contributed by atoms with E-state index in [4.69, 9.17) is 9.47 Å². The minimum Gasteiger partial charge on any atom is -0.427 e. The summed E-state index contributed by atoms with van der Waals surface area (Å²) in [6.07, 6.45) is 2.71. The van der Waals surface area contributed by atoms with Crippen molar-refractivity contribution in [1.82, 2.24) is 0 Å². The van der Waals surface area contributed by atoms with Gasteiger partial charge in [-0.2, -0.15) is 0 Å². The molecule has 0 atom stereocenters. The molecule has 1 aliphatic heterocycles. The molecule has 5 heteroatoms. The molecule has 132 valence electrons. The zero-order chi connectivity index (χ0) is 18.5. The largest absolute Gasteiger partial charge is 0.427 e. The molecular weight excluding hydrogens is 330 g/mol. The molecule has 1 heterocycles. The Bertz CT molecular complexity index is 912. The van der Waals surface area contributed by atoms with E-state index in [9.17, 15) is 9.59 Å². The van der Waals surface area contributed by atoms with Gasteiger partial charge in [-0.3, -0.25) is 4.79 Å². The number of aliphatic imine (C=N–C) groups is 1. The first-order valence-electron chi connectivity index (χ1n) is 8.46. The molecule has 1 aliphatic rings. The molecule has 0 aliphatic carbocycles. The van der Waals surface area contributed by atoms with Crippen LogP contribution in [0.5, 0.6) is 5.75 Å². The van der Waals surface area contributed by atoms with Gasteiger partial charge in [0.25, 0.3) is 0 Å². The average Bonchev–Trinajstić information content (AvgIpc) is 2.96. The fourth-order valence-corrected chi connectivity index (χ4v) is 2.55. The maximum absolute atomic E-state index is 12.1. The highest BCUT2D eigenvalue weighted by Gasteiger charge is 2.24. The lowest BCUT2D eigenvalue weighted by Gasteiger charge is -2.04. The van der Waals surface area contributed by atoms with E-state index in [1.807, 2.05) is 38.1 Å². The standard InChI is InChI=1S/C21H19NO4/c1-3-7-19(23)25-16-10-6-9-15(12-16)13-18-21(24)26-20(22-18)17-11-5-4-8-14(17)2/h4-6,8-13H,3,7H2,1-2H3/b18-13-. The number of cyclic esters (lactones) is 1. The van der Waals surface area contributed by atoms with Crippen molar-refractivity contribution in [2.24, 2.45) is 4.99 Å². The van der Waals surface area contributed by atoms with Crippen molar-refractivity contribution in [3.05, 3.63) is 70.9 Å². The number of hydrogen-bond acceptors (Lipinski definition) is 5. The number of ether oxygens (including phenoxy) is 2. The van der Waals surface area contributed by atoms with Gasteiger partial charge in [0, 0.05) is 12.0 Å². The summed E-state index contributed by atoms with van der Waals surface area (Å²) in [5.41, 5.74) is 2.67. The first kappa shape index (κ1) is 17.6. The van der Waals surface area contributed by atoms with Crippen LogP contribution in [0.4, 0.5) is 0 Å². The zero-order valence-electron chi connectivity index (χ0n) is 14.7. The van der Waals surface area contributed by atoms with Gasteiger partial charge in [-0.25, -0.2) is 9.79 Å². The molecule has 0 saturated carbocycles. The molecule has 0 spiro atoms. The van der Waals surface area contributed by atoms with E-state index in [0.717, 1.165) is 17.5 Å². The van der Waals surface area contributed by atoms with Gasteiger partial charge >= 0.3 is 11.9 Å². The summed E-state index contributed by atoms with van der Waals surface area (Å²) in [4.78, 5) is 28.1. The fourth-order valence-electron chi connectivity index (χ4n) is 2.55. The van der Waals surface area contributed by atoms with Crippen LogP contribution in [0.15, 0.2) is 59.2 Å². The molecule has 5 nitrogen and oxygen atoms in total. The van der Waals surface area contributed by atoms with Gasteiger partial charge in [-0.15, -0.1) is 0 Å². The lowest BCUT2D eigenvalue weighted by Crippen LogP contribution is -2.07. The van der Waals surface area contributed by atoms with Crippen LogP contribution in [-0.4, -0.2) is 17.8 Å². The smallest absolute Gasteiger partial charge is 0.363 e. The third-order valence-electron chi connectivity index (χ3n) is 3.84. The van der Waals surface area contributed by atoms with Crippen molar-refractivity contribution < 1.29 is 19.1 Å². The van der Waals surface area contributed by atoms with Crippen molar-refractivity contribution >= 4 is 23.9 Å². The minimum absolute atomic E-state index is 0.209. The Kier molecular flexibility index (Phi) is 5.27. The molecule has 0 aromatic heterocycles. The maximum Gasteiger partial charge on any atom is 0.363 e. The summed E-state index contributed by atoms with van der Waals surface area (Å²) in [6.45, 7) is 3.85. The number of hydrogen-bond donors (Lipinski definition) is 0. The number of rotatable bonds is 5. The second-order valence-electron chi connectivity index (χ2n) is 5.95. The Morgan fingerprint density at radius 1 is 1.19 bits per heavy atom. The fraction of sp³-hybridized carbons (Fsp3) is 0.190. The molecule has 0 N–H and O–H groups in total. The van der Waals surface area contributed by atoms with Gasteiger partial charge in [0.1, 0.15) is 5.75 Å². The molecule has 0 saturated heterocycles. The van der Waals surface area contributed by atoms with E-state index in [1.165, 1.54) is 0 Å². The van der Waals surface area contributed by atoms with Gasteiger partial charge in [0.15, 0.2) is 5.70 Å².